The second-order valence-corrected chi connectivity index (χ2v) is 6.31. The number of thiazole rings is 1. The minimum Gasteiger partial charge on any atom is -0.496 e. The molecule has 2 aromatic rings. The van der Waals surface area contributed by atoms with Crippen molar-refractivity contribution in [2.45, 2.75) is 13.0 Å². The first-order chi connectivity index (χ1) is 11.6. The van der Waals surface area contributed by atoms with Crippen LogP contribution in [0.25, 0.3) is 0 Å². The summed E-state index contributed by atoms with van der Waals surface area (Å²) < 4.78 is 5.46. The summed E-state index contributed by atoms with van der Waals surface area (Å²) in [5.74, 6) is 0.606. The number of nitrogens with zero attached hydrogens (tertiary/aromatic N) is 3. The SMILES string of the molecule is COc1ccccc1[C@@H]1CN(C(C)=O)CCN1C(=O)c1cscn1. The molecule has 6 nitrogen and oxygen atoms in total. The molecule has 0 unspecified atom stereocenters. The molecular formula is C17H19N3O3S. The lowest BCUT2D eigenvalue weighted by atomic mass is 10.0. The first-order valence-corrected chi connectivity index (χ1v) is 8.63. The van der Waals surface area contributed by atoms with E-state index in [0.29, 0.717) is 31.1 Å². The predicted octanol–water partition coefficient (Wildman–Crippen LogP) is 2.20. The smallest absolute Gasteiger partial charge is 0.273 e. The van der Waals surface area contributed by atoms with Gasteiger partial charge in [0.2, 0.25) is 5.91 Å². The van der Waals surface area contributed by atoms with Crippen molar-refractivity contribution in [1.82, 2.24) is 14.8 Å². The monoisotopic (exact) mass is 345 g/mol. The van der Waals surface area contributed by atoms with E-state index in [2.05, 4.69) is 4.98 Å². The highest BCUT2D eigenvalue weighted by molar-refractivity contribution is 7.07. The Bertz CT molecular complexity index is 732. The van der Waals surface area contributed by atoms with Crippen LogP contribution in [-0.4, -0.2) is 53.3 Å². The average molecular weight is 345 g/mol. The number of ether oxygens (including phenoxy) is 1. The van der Waals surface area contributed by atoms with E-state index in [1.165, 1.54) is 11.3 Å². The van der Waals surface area contributed by atoms with Crippen LogP contribution in [0.4, 0.5) is 0 Å². The summed E-state index contributed by atoms with van der Waals surface area (Å²) in [5.41, 5.74) is 2.99. The quantitative estimate of drug-likeness (QED) is 0.855. The zero-order valence-corrected chi connectivity index (χ0v) is 14.5. The van der Waals surface area contributed by atoms with Gasteiger partial charge in [0.1, 0.15) is 11.4 Å². The third kappa shape index (κ3) is 3.12. The zero-order valence-electron chi connectivity index (χ0n) is 13.6. The molecule has 1 aromatic carbocycles. The van der Waals surface area contributed by atoms with Gasteiger partial charge in [0.05, 0.1) is 18.7 Å². The van der Waals surface area contributed by atoms with Crippen LogP contribution in [-0.2, 0) is 4.79 Å². The Morgan fingerprint density at radius 2 is 2.08 bits per heavy atom. The summed E-state index contributed by atoms with van der Waals surface area (Å²) in [6.45, 7) is 3.00. The summed E-state index contributed by atoms with van der Waals surface area (Å²) in [6.07, 6.45) is 0. The molecule has 0 N–H and O–H groups in total. The third-order valence-corrected chi connectivity index (χ3v) is 4.82. The van der Waals surface area contributed by atoms with Gasteiger partial charge in [-0.05, 0) is 6.07 Å². The molecule has 2 amide bonds. The number of aromatic nitrogens is 1. The Morgan fingerprint density at radius 3 is 2.75 bits per heavy atom. The molecule has 2 heterocycles. The van der Waals surface area contributed by atoms with Gasteiger partial charge < -0.3 is 14.5 Å². The number of rotatable bonds is 3. The van der Waals surface area contributed by atoms with Crippen molar-refractivity contribution in [3.63, 3.8) is 0 Å². The molecule has 1 atom stereocenters. The van der Waals surface area contributed by atoms with Gasteiger partial charge in [-0.2, -0.15) is 0 Å². The van der Waals surface area contributed by atoms with Gasteiger partial charge in [-0.15, -0.1) is 11.3 Å². The maximum Gasteiger partial charge on any atom is 0.273 e. The van der Waals surface area contributed by atoms with Crippen LogP contribution in [0, 0.1) is 0 Å². The Labute approximate surface area is 144 Å². The number of hydrogen-bond donors (Lipinski definition) is 0. The van der Waals surface area contributed by atoms with Crippen LogP contribution in [0.3, 0.4) is 0 Å². The minimum absolute atomic E-state index is 0.00987. The predicted molar refractivity (Wildman–Crippen MR) is 91.1 cm³/mol. The van der Waals surface area contributed by atoms with Gasteiger partial charge in [0.25, 0.3) is 5.91 Å². The van der Waals surface area contributed by atoms with Gasteiger partial charge in [-0.1, -0.05) is 18.2 Å². The molecule has 3 rings (SSSR count). The molecule has 0 bridgehead atoms. The van der Waals surface area contributed by atoms with Crippen LogP contribution < -0.4 is 4.74 Å². The maximum absolute atomic E-state index is 12.8. The molecule has 0 aliphatic carbocycles. The van der Waals surface area contributed by atoms with Crippen molar-refractivity contribution >= 4 is 23.2 Å². The topological polar surface area (TPSA) is 62.7 Å². The van der Waals surface area contributed by atoms with Crippen molar-refractivity contribution < 1.29 is 14.3 Å². The van der Waals surface area contributed by atoms with Crippen LogP contribution in [0.2, 0.25) is 0 Å². The molecule has 1 aliphatic rings. The molecule has 0 radical (unpaired) electrons. The highest BCUT2D eigenvalue weighted by Crippen LogP contribution is 2.33. The van der Waals surface area contributed by atoms with Crippen molar-refractivity contribution in [2.75, 3.05) is 26.7 Å². The Hall–Kier alpha value is -2.41. The van der Waals surface area contributed by atoms with E-state index in [1.807, 2.05) is 24.3 Å². The lowest BCUT2D eigenvalue weighted by Crippen LogP contribution is -2.52. The van der Waals surface area contributed by atoms with Crippen LogP contribution in [0.15, 0.2) is 35.2 Å². The largest absolute Gasteiger partial charge is 0.496 e. The number of benzene rings is 1. The maximum atomic E-state index is 12.8. The van der Waals surface area contributed by atoms with Crippen LogP contribution >= 0.6 is 11.3 Å². The molecule has 0 saturated carbocycles. The van der Waals surface area contributed by atoms with Gasteiger partial charge in [-0.3, -0.25) is 9.59 Å². The molecule has 126 valence electrons. The van der Waals surface area contributed by atoms with E-state index in [-0.39, 0.29) is 17.9 Å². The molecule has 24 heavy (non-hydrogen) atoms. The number of piperazine rings is 1. The first kappa shape index (κ1) is 16.4. The number of para-hydroxylation sites is 1. The zero-order chi connectivity index (χ0) is 17.1. The Morgan fingerprint density at radius 1 is 1.29 bits per heavy atom. The van der Waals surface area contributed by atoms with E-state index in [4.69, 9.17) is 4.74 Å². The molecule has 0 spiro atoms. The van der Waals surface area contributed by atoms with Crippen LogP contribution in [0.5, 0.6) is 5.75 Å². The number of carbonyl (C=O) groups excluding carboxylic acids is 2. The highest BCUT2D eigenvalue weighted by Gasteiger charge is 2.35. The Kier molecular flexibility index (Phi) is 4.80. The van der Waals surface area contributed by atoms with Crippen molar-refractivity contribution in [1.29, 1.82) is 0 Å². The molecule has 1 fully saturated rings. The summed E-state index contributed by atoms with van der Waals surface area (Å²) in [4.78, 5) is 32.3. The number of amides is 2. The van der Waals surface area contributed by atoms with E-state index in [9.17, 15) is 9.59 Å². The molecule has 1 aromatic heterocycles. The Balaban J connectivity index is 1.97. The second-order valence-electron chi connectivity index (χ2n) is 5.60. The van der Waals surface area contributed by atoms with Gasteiger partial charge in [0, 0.05) is 37.5 Å². The lowest BCUT2D eigenvalue weighted by molar-refractivity contribution is -0.131. The molecule has 7 heteroatoms. The lowest BCUT2D eigenvalue weighted by Gasteiger charge is -2.41. The molecule has 1 aliphatic heterocycles. The summed E-state index contributed by atoms with van der Waals surface area (Å²) in [5, 5.41) is 1.75. The third-order valence-electron chi connectivity index (χ3n) is 4.24. The normalized spacial score (nSPS) is 17.7. The molecular weight excluding hydrogens is 326 g/mol. The van der Waals surface area contributed by atoms with Crippen molar-refractivity contribution in [3.05, 3.63) is 46.4 Å². The fourth-order valence-corrected chi connectivity index (χ4v) is 3.51. The fraction of sp³-hybridized carbons (Fsp3) is 0.353. The minimum atomic E-state index is -0.256. The first-order valence-electron chi connectivity index (χ1n) is 7.69. The van der Waals surface area contributed by atoms with Gasteiger partial charge in [0.15, 0.2) is 0 Å². The number of hydrogen-bond acceptors (Lipinski definition) is 5. The molecule has 1 saturated heterocycles. The van der Waals surface area contributed by atoms with E-state index < -0.39 is 0 Å². The van der Waals surface area contributed by atoms with Crippen molar-refractivity contribution in [2.24, 2.45) is 0 Å². The summed E-state index contributed by atoms with van der Waals surface area (Å²) in [7, 11) is 1.61. The standard InChI is InChI=1S/C17H19N3O3S/c1-12(21)19-7-8-20(17(22)14-10-24-11-18-14)15(9-19)13-5-3-4-6-16(13)23-2/h3-6,10-11,15H,7-9H2,1-2H3/t15-/m0/s1. The van der Waals surface area contributed by atoms with E-state index in [1.54, 1.807) is 34.7 Å². The number of carbonyl (C=O) groups is 2. The van der Waals surface area contributed by atoms with E-state index in [0.717, 1.165) is 5.56 Å². The van der Waals surface area contributed by atoms with Gasteiger partial charge >= 0.3 is 0 Å². The highest BCUT2D eigenvalue weighted by atomic mass is 32.1. The summed E-state index contributed by atoms with van der Waals surface area (Å²) >= 11 is 1.39. The fourth-order valence-electron chi connectivity index (χ4n) is 2.99. The average Bonchev–Trinajstić information content (AvgIpc) is 3.15. The van der Waals surface area contributed by atoms with Crippen LogP contribution in [0.1, 0.15) is 29.0 Å². The second kappa shape index (κ2) is 7.00. The van der Waals surface area contributed by atoms with Gasteiger partial charge in [-0.25, -0.2) is 4.98 Å². The number of methoxy groups -OCH3 is 1. The summed E-state index contributed by atoms with van der Waals surface area (Å²) in [6, 6.07) is 7.35. The van der Waals surface area contributed by atoms with Crippen molar-refractivity contribution in [3.8, 4) is 5.75 Å². The van der Waals surface area contributed by atoms with E-state index >= 15 is 0 Å².